The highest BCUT2D eigenvalue weighted by molar-refractivity contribution is 7.80. The number of para-hydroxylation sites is 2. The Balaban J connectivity index is 2.15. The summed E-state index contributed by atoms with van der Waals surface area (Å²) in [7, 11) is 1.70. The standard InChI is InChI=1S/C18H24N2O2S2/c1-4-22-16-9-6-5-8-15(16)19-18(23)20(11-12-21-3)14(2)17-10-7-13-24-17/h5-10,13-14H,4,11-12H2,1-3H3,(H,19,23). The van der Waals surface area contributed by atoms with E-state index >= 15 is 0 Å². The second kappa shape index (κ2) is 9.61. The average molecular weight is 365 g/mol. The fourth-order valence-corrected chi connectivity index (χ4v) is 3.54. The normalized spacial score (nSPS) is 11.8. The molecule has 24 heavy (non-hydrogen) atoms. The highest BCUT2D eigenvalue weighted by atomic mass is 32.1. The lowest BCUT2D eigenvalue weighted by Gasteiger charge is -2.31. The van der Waals surface area contributed by atoms with Crippen LogP contribution in [-0.4, -0.2) is 36.9 Å². The van der Waals surface area contributed by atoms with Crippen LogP contribution >= 0.6 is 23.6 Å². The Bertz CT molecular complexity index is 632. The summed E-state index contributed by atoms with van der Waals surface area (Å²) in [6.45, 7) is 6.08. The molecule has 130 valence electrons. The first-order chi connectivity index (χ1) is 11.7. The van der Waals surface area contributed by atoms with E-state index in [0.717, 1.165) is 18.0 Å². The van der Waals surface area contributed by atoms with Crippen molar-refractivity contribution in [1.82, 2.24) is 4.90 Å². The van der Waals surface area contributed by atoms with Gasteiger partial charge in [0, 0.05) is 18.5 Å². The van der Waals surface area contributed by atoms with Crippen LogP contribution in [0.2, 0.25) is 0 Å². The fraction of sp³-hybridized carbons (Fsp3) is 0.389. The molecule has 1 N–H and O–H groups in total. The van der Waals surface area contributed by atoms with Gasteiger partial charge in [-0.2, -0.15) is 0 Å². The van der Waals surface area contributed by atoms with E-state index in [1.165, 1.54) is 4.88 Å². The topological polar surface area (TPSA) is 33.7 Å². The van der Waals surface area contributed by atoms with Crippen LogP contribution in [-0.2, 0) is 4.74 Å². The molecule has 1 aromatic carbocycles. The molecule has 2 aromatic rings. The van der Waals surface area contributed by atoms with Gasteiger partial charge >= 0.3 is 0 Å². The number of nitrogens with one attached hydrogen (secondary N) is 1. The molecule has 0 aliphatic rings. The Hall–Kier alpha value is -1.63. The molecular formula is C18H24N2O2S2. The smallest absolute Gasteiger partial charge is 0.174 e. The maximum atomic E-state index is 5.67. The van der Waals surface area contributed by atoms with Crippen molar-refractivity contribution in [2.45, 2.75) is 19.9 Å². The van der Waals surface area contributed by atoms with Gasteiger partial charge in [-0.15, -0.1) is 11.3 Å². The maximum Gasteiger partial charge on any atom is 0.174 e. The summed E-state index contributed by atoms with van der Waals surface area (Å²) in [4.78, 5) is 3.42. The third-order valence-corrected chi connectivity index (χ3v) is 5.03. The van der Waals surface area contributed by atoms with Crippen LogP contribution in [0.3, 0.4) is 0 Å². The van der Waals surface area contributed by atoms with Gasteiger partial charge in [0.25, 0.3) is 0 Å². The van der Waals surface area contributed by atoms with Crippen molar-refractivity contribution < 1.29 is 9.47 Å². The second-order valence-corrected chi connectivity index (χ2v) is 6.60. The molecule has 0 aliphatic heterocycles. The second-order valence-electron chi connectivity index (χ2n) is 5.24. The Morgan fingerprint density at radius 2 is 2.08 bits per heavy atom. The van der Waals surface area contributed by atoms with Gasteiger partial charge < -0.3 is 19.7 Å². The van der Waals surface area contributed by atoms with Gasteiger partial charge in [-0.25, -0.2) is 0 Å². The summed E-state index contributed by atoms with van der Waals surface area (Å²) >= 11 is 7.41. The fourth-order valence-electron chi connectivity index (χ4n) is 2.38. The predicted octanol–water partition coefficient (Wildman–Crippen LogP) is 4.55. The number of anilines is 1. The molecule has 1 unspecified atom stereocenters. The van der Waals surface area contributed by atoms with E-state index in [1.807, 2.05) is 31.2 Å². The van der Waals surface area contributed by atoms with E-state index in [1.54, 1.807) is 18.4 Å². The van der Waals surface area contributed by atoms with Crippen LogP contribution in [0.5, 0.6) is 5.75 Å². The lowest BCUT2D eigenvalue weighted by atomic mass is 10.2. The quantitative estimate of drug-likeness (QED) is 0.695. The van der Waals surface area contributed by atoms with Crippen molar-refractivity contribution in [2.24, 2.45) is 0 Å². The summed E-state index contributed by atoms with van der Waals surface area (Å²) in [6, 6.07) is 12.2. The number of methoxy groups -OCH3 is 1. The summed E-state index contributed by atoms with van der Waals surface area (Å²) < 4.78 is 10.9. The number of rotatable bonds is 8. The monoisotopic (exact) mass is 364 g/mol. The maximum absolute atomic E-state index is 5.67. The minimum absolute atomic E-state index is 0.180. The molecule has 0 saturated carbocycles. The van der Waals surface area contributed by atoms with Gasteiger partial charge in [-0.3, -0.25) is 0 Å². The Labute approximate surface area is 153 Å². The SMILES string of the molecule is CCOc1ccccc1NC(=S)N(CCOC)C(C)c1cccs1. The number of nitrogens with zero attached hydrogens (tertiary/aromatic N) is 1. The Morgan fingerprint density at radius 1 is 1.29 bits per heavy atom. The number of thiophene rings is 1. The largest absolute Gasteiger partial charge is 0.492 e. The Kier molecular flexibility index (Phi) is 7.49. The van der Waals surface area contributed by atoms with Crippen LogP contribution in [0, 0.1) is 0 Å². The number of ether oxygens (including phenoxy) is 2. The molecule has 0 spiro atoms. The lowest BCUT2D eigenvalue weighted by molar-refractivity contribution is 0.166. The molecule has 0 bridgehead atoms. The van der Waals surface area contributed by atoms with Gasteiger partial charge in [0.05, 0.1) is 24.9 Å². The van der Waals surface area contributed by atoms with Crippen molar-refractivity contribution in [3.05, 3.63) is 46.7 Å². The van der Waals surface area contributed by atoms with Crippen molar-refractivity contribution in [1.29, 1.82) is 0 Å². The number of benzene rings is 1. The zero-order valence-corrected chi connectivity index (χ0v) is 16.0. The average Bonchev–Trinajstić information content (AvgIpc) is 3.11. The van der Waals surface area contributed by atoms with Gasteiger partial charge in [-0.05, 0) is 49.6 Å². The molecule has 1 atom stereocenters. The molecule has 1 aromatic heterocycles. The minimum atomic E-state index is 0.180. The Morgan fingerprint density at radius 3 is 2.75 bits per heavy atom. The van der Waals surface area contributed by atoms with Crippen LogP contribution in [0.4, 0.5) is 5.69 Å². The molecule has 0 saturated heterocycles. The summed E-state index contributed by atoms with van der Waals surface area (Å²) in [6.07, 6.45) is 0. The van der Waals surface area contributed by atoms with Crippen LogP contribution in [0.15, 0.2) is 41.8 Å². The van der Waals surface area contributed by atoms with Gasteiger partial charge in [0.2, 0.25) is 0 Å². The van der Waals surface area contributed by atoms with Gasteiger partial charge in [0.1, 0.15) is 5.75 Å². The predicted molar refractivity (Wildman–Crippen MR) is 105 cm³/mol. The first kappa shape index (κ1) is 18.7. The van der Waals surface area contributed by atoms with Crippen molar-refractivity contribution in [2.75, 3.05) is 32.2 Å². The molecule has 6 heteroatoms. The van der Waals surface area contributed by atoms with Gasteiger partial charge in [0.15, 0.2) is 5.11 Å². The van der Waals surface area contributed by atoms with Crippen LogP contribution < -0.4 is 10.1 Å². The van der Waals surface area contributed by atoms with E-state index < -0.39 is 0 Å². The van der Waals surface area contributed by atoms with E-state index in [0.29, 0.717) is 18.3 Å². The zero-order valence-electron chi connectivity index (χ0n) is 14.3. The lowest BCUT2D eigenvalue weighted by Crippen LogP contribution is -2.38. The molecule has 2 rings (SSSR count). The summed E-state index contributed by atoms with van der Waals surface area (Å²) in [5, 5.41) is 6.08. The molecule has 0 fully saturated rings. The molecule has 0 radical (unpaired) electrons. The summed E-state index contributed by atoms with van der Waals surface area (Å²) in [5.74, 6) is 0.804. The molecular weight excluding hydrogens is 340 g/mol. The summed E-state index contributed by atoms with van der Waals surface area (Å²) in [5.41, 5.74) is 0.880. The van der Waals surface area contributed by atoms with Crippen LogP contribution in [0.25, 0.3) is 0 Å². The van der Waals surface area contributed by atoms with E-state index in [9.17, 15) is 0 Å². The number of hydrogen-bond acceptors (Lipinski definition) is 4. The number of thiocarbonyl (C=S) groups is 1. The number of hydrogen-bond donors (Lipinski definition) is 1. The first-order valence-corrected chi connectivity index (χ1v) is 9.28. The van der Waals surface area contributed by atoms with Crippen molar-refractivity contribution in [3.8, 4) is 5.75 Å². The van der Waals surface area contributed by atoms with E-state index in [2.05, 4.69) is 34.7 Å². The molecule has 1 heterocycles. The van der Waals surface area contributed by atoms with Gasteiger partial charge in [-0.1, -0.05) is 18.2 Å². The van der Waals surface area contributed by atoms with E-state index in [4.69, 9.17) is 21.7 Å². The van der Waals surface area contributed by atoms with Crippen molar-refractivity contribution in [3.63, 3.8) is 0 Å². The third kappa shape index (κ3) is 4.93. The minimum Gasteiger partial charge on any atom is -0.492 e. The van der Waals surface area contributed by atoms with Crippen molar-refractivity contribution >= 4 is 34.4 Å². The zero-order chi connectivity index (χ0) is 17.4. The molecule has 4 nitrogen and oxygen atoms in total. The molecule has 0 aliphatic carbocycles. The van der Waals surface area contributed by atoms with E-state index in [-0.39, 0.29) is 6.04 Å². The highest BCUT2D eigenvalue weighted by Gasteiger charge is 2.20. The third-order valence-electron chi connectivity index (χ3n) is 3.65. The molecule has 0 amide bonds. The van der Waals surface area contributed by atoms with Crippen LogP contribution in [0.1, 0.15) is 24.8 Å². The first-order valence-electron chi connectivity index (χ1n) is 7.99. The highest BCUT2D eigenvalue weighted by Crippen LogP contribution is 2.28.